The molecule has 0 bridgehead atoms. The van der Waals surface area contributed by atoms with E-state index in [1.807, 2.05) is 0 Å². The van der Waals surface area contributed by atoms with Crippen LogP contribution in [0.15, 0.2) is 0 Å². The third-order valence-electron chi connectivity index (χ3n) is 0.785. The Kier molecular flexibility index (Phi) is 3.91. The van der Waals surface area contributed by atoms with Gasteiger partial charge in [0.15, 0.2) is 0 Å². The fraction of sp³-hybridized carbons (Fsp3) is 0.800. The molecule has 0 aromatic rings. The van der Waals surface area contributed by atoms with Gasteiger partial charge >= 0.3 is 12.0 Å². The lowest BCUT2D eigenvalue weighted by molar-refractivity contribution is -0.235. The number of hydrogen-bond donors (Lipinski definition) is 1. The van der Waals surface area contributed by atoms with Crippen LogP contribution in [0.3, 0.4) is 0 Å². The molecule has 1 amide bonds. The second-order valence-corrected chi connectivity index (χ2v) is 1.59. The van der Waals surface area contributed by atoms with Crippen LogP contribution in [0.25, 0.3) is 0 Å². The van der Waals surface area contributed by atoms with Gasteiger partial charge in [-0.1, -0.05) is 0 Å². The van der Waals surface area contributed by atoms with Crippen LogP contribution in [0, 0.1) is 0 Å². The molecule has 0 spiro atoms. The van der Waals surface area contributed by atoms with Gasteiger partial charge in [0, 0.05) is 0 Å². The number of alkyl halides is 2. The lowest BCUT2D eigenvalue weighted by atomic mass is 10.6. The van der Waals surface area contributed by atoms with Crippen molar-refractivity contribution in [3.8, 4) is 0 Å². The summed E-state index contributed by atoms with van der Waals surface area (Å²) in [5.41, 5.74) is 1.46. The Hall–Kier alpha value is -0.750. The SMILES string of the molecule is CCOC(F)(F)C(=O)NOC. The van der Waals surface area contributed by atoms with Crippen LogP contribution in [0.5, 0.6) is 0 Å². The molecule has 0 aliphatic heterocycles. The Balaban J connectivity index is 3.94. The lowest BCUT2D eigenvalue weighted by Crippen LogP contribution is -2.41. The Labute approximate surface area is 62.4 Å². The van der Waals surface area contributed by atoms with E-state index in [-0.39, 0.29) is 6.61 Å². The van der Waals surface area contributed by atoms with Crippen molar-refractivity contribution < 1.29 is 23.1 Å². The number of rotatable bonds is 4. The zero-order valence-electron chi connectivity index (χ0n) is 6.19. The standard InChI is InChI=1S/C5H9F2NO3/c1-3-11-5(6,7)4(9)8-10-2/h3H2,1-2H3,(H,8,9). The van der Waals surface area contributed by atoms with E-state index in [0.717, 1.165) is 7.11 Å². The number of hydroxylamine groups is 1. The first-order valence-electron chi connectivity index (χ1n) is 2.89. The molecule has 0 fully saturated rings. The Morgan fingerprint density at radius 1 is 1.64 bits per heavy atom. The van der Waals surface area contributed by atoms with Crippen LogP contribution in [0.2, 0.25) is 0 Å². The number of amides is 1. The molecule has 0 unspecified atom stereocenters. The van der Waals surface area contributed by atoms with Gasteiger partial charge in [-0.05, 0) is 6.92 Å². The molecule has 0 aromatic heterocycles. The van der Waals surface area contributed by atoms with Gasteiger partial charge < -0.3 is 4.74 Å². The molecule has 0 aliphatic rings. The fourth-order valence-electron chi connectivity index (χ4n) is 0.399. The van der Waals surface area contributed by atoms with Crippen molar-refractivity contribution in [2.24, 2.45) is 0 Å². The van der Waals surface area contributed by atoms with E-state index in [0.29, 0.717) is 0 Å². The summed E-state index contributed by atoms with van der Waals surface area (Å²) in [4.78, 5) is 14.3. The summed E-state index contributed by atoms with van der Waals surface area (Å²) in [5.74, 6) is -1.61. The van der Waals surface area contributed by atoms with Gasteiger partial charge in [-0.15, -0.1) is 0 Å². The van der Waals surface area contributed by atoms with Gasteiger partial charge in [-0.3, -0.25) is 9.63 Å². The van der Waals surface area contributed by atoms with Crippen molar-refractivity contribution in [3.63, 3.8) is 0 Å². The number of carbonyl (C=O) groups excluding carboxylic acids is 1. The number of hydrogen-bond acceptors (Lipinski definition) is 3. The van der Waals surface area contributed by atoms with E-state index < -0.39 is 12.0 Å². The minimum absolute atomic E-state index is 0.246. The molecule has 11 heavy (non-hydrogen) atoms. The summed E-state index contributed by atoms with van der Waals surface area (Å²) in [5, 5.41) is 0. The van der Waals surface area contributed by atoms with Gasteiger partial charge in [0.05, 0.1) is 13.7 Å². The van der Waals surface area contributed by atoms with E-state index in [4.69, 9.17) is 0 Å². The molecule has 0 heterocycles. The summed E-state index contributed by atoms with van der Waals surface area (Å²) in [6, 6.07) is 0. The Morgan fingerprint density at radius 2 is 2.18 bits per heavy atom. The molecular weight excluding hydrogens is 160 g/mol. The topological polar surface area (TPSA) is 47.6 Å². The molecular formula is C5H9F2NO3. The monoisotopic (exact) mass is 169 g/mol. The van der Waals surface area contributed by atoms with Crippen LogP contribution in [-0.4, -0.2) is 25.7 Å². The highest BCUT2D eigenvalue weighted by atomic mass is 19.3. The zero-order chi connectivity index (χ0) is 8.91. The molecule has 0 rings (SSSR count). The zero-order valence-corrected chi connectivity index (χ0v) is 6.19. The Bertz CT molecular complexity index is 140. The maximum atomic E-state index is 12.3. The summed E-state index contributed by atoms with van der Waals surface area (Å²) in [7, 11) is 1.06. The molecule has 6 heteroatoms. The van der Waals surface area contributed by atoms with Crippen molar-refractivity contribution in [1.29, 1.82) is 0 Å². The maximum absolute atomic E-state index is 12.3. The number of ether oxygens (including phenoxy) is 1. The summed E-state index contributed by atoms with van der Waals surface area (Å²) >= 11 is 0. The highest BCUT2D eigenvalue weighted by Gasteiger charge is 2.40. The minimum Gasteiger partial charge on any atom is -0.313 e. The molecule has 4 nitrogen and oxygen atoms in total. The van der Waals surface area contributed by atoms with Gasteiger partial charge in [-0.2, -0.15) is 8.78 Å². The molecule has 66 valence electrons. The van der Waals surface area contributed by atoms with Gasteiger partial charge in [0.25, 0.3) is 0 Å². The number of halogens is 2. The summed E-state index contributed by atoms with van der Waals surface area (Å²) in [6.07, 6.45) is -3.81. The van der Waals surface area contributed by atoms with Crippen LogP contribution in [-0.2, 0) is 14.4 Å². The normalized spacial score (nSPS) is 11.3. The van der Waals surface area contributed by atoms with Crippen LogP contribution in [0.1, 0.15) is 6.92 Å². The van der Waals surface area contributed by atoms with E-state index in [1.54, 1.807) is 0 Å². The maximum Gasteiger partial charge on any atom is 0.438 e. The van der Waals surface area contributed by atoms with Crippen molar-refractivity contribution >= 4 is 5.91 Å². The minimum atomic E-state index is -3.81. The van der Waals surface area contributed by atoms with Crippen molar-refractivity contribution in [3.05, 3.63) is 0 Å². The first-order chi connectivity index (χ1) is 5.04. The molecule has 0 aliphatic carbocycles. The number of nitrogens with one attached hydrogen (secondary N) is 1. The quantitative estimate of drug-likeness (QED) is 0.615. The average molecular weight is 169 g/mol. The third kappa shape index (κ3) is 3.24. The fourth-order valence-corrected chi connectivity index (χ4v) is 0.399. The second-order valence-electron chi connectivity index (χ2n) is 1.59. The van der Waals surface area contributed by atoms with Gasteiger partial charge in [-0.25, -0.2) is 5.48 Å². The smallest absolute Gasteiger partial charge is 0.313 e. The first kappa shape index (κ1) is 10.2. The highest BCUT2D eigenvalue weighted by molar-refractivity contribution is 5.80. The molecule has 0 radical (unpaired) electrons. The average Bonchev–Trinajstić information content (AvgIpc) is 1.88. The van der Waals surface area contributed by atoms with Crippen molar-refractivity contribution in [2.75, 3.05) is 13.7 Å². The van der Waals surface area contributed by atoms with Crippen molar-refractivity contribution in [2.45, 2.75) is 13.0 Å². The molecule has 0 aromatic carbocycles. The molecule has 0 saturated carbocycles. The van der Waals surface area contributed by atoms with E-state index in [1.165, 1.54) is 12.4 Å². The second kappa shape index (κ2) is 4.20. The van der Waals surface area contributed by atoms with E-state index >= 15 is 0 Å². The third-order valence-corrected chi connectivity index (χ3v) is 0.785. The van der Waals surface area contributed by atoms with Crippen molar-refractivity contribution in [1.82, 2.24) is 5.48 Å². The van der Waals surface area contributed by atoms with Crippen LogP contribution >= 0.6 is 0 Å². The molecule has 0 saturated heterocycles. The first-order valence-corrected chi connectivity index (χ1v) is 2.89. The molecule has 0 atom stereocenters. The van der Waals surface area contributed by atoms with Crippen LogP contribution < -0.4 is 5.48 Å². The number of carbonyl (C=O) groups is 1. The molecule has 1 N–H and O–H groups in total. The van der Waals surface area contributed by atoms with Gasteiger partial charge in [0.1, 0.15) is 0 Å². The Morgan fingerprint density at radius 3 is 2.55 bits per heavy atom. The lowest BCUT2D eigenvalue weighted by Gasteiger charge is -2.13. The van der Waals surface area contributed by atoms with Crippen LogP contribution in [0.4, 0.5) is 8.78 Å². The van der Waals surface area contributed by atoms with E-state index in [9.17, 15) is 13.6 Å². The predicted octanol–water partition coefficient (Wildman–Crippen LogP) is 0.293. The summed E-state index contributed by atoms with van der Waals surface area (Å²) in [6.45, 7) is 1.11. The van der Waals surface area contributed by atoms with E-state index in [2.05, 4.69) is 9.57 Å². The predicted molar refractivity (Wildman–Crippen MR) is 31.7 cm³/mol. The summed E-state index contributed by atoms with van der Waals surface area (Å²) < 4.78 is 28.4. The highest BCUT2D eigenvalue weighted by Crippen LogP contribution is 2.14. The van der Waals surface area contributed by atoms with Gasteiger partial charge in [0.2, 0.25) is 0 Å². The largest absolute Gasteiger partial charge is 0.438 e.